The van der Waals surface area contributed by atoms with Crippen molar-refractivity contribution in [2.75, 3.05) is 6.54 Å². The number of ether oxygens (including phenoxy) is 1. The molecule has 0 radical (unpaired) electrons. The molecular formula is C20H16Cl2N2O4S. The normalized spacial score (nSPS) is 13.2. The van der Waals surface area contributed by atoms with Crippen molar-refractivity contribution in [3.05, 3.63) is 61.9 Å². The number of phenols is 2. The van der Waals surface area contributed by atoms with E-state index in [1.807, 2.05) is 29.0 Å². The van der Waals surface area contributed by atoms with Gasteiger partial charge >= 0.3 is 6.09 Å². The average Bonchev–Trinajstić information content (AvgIpc) is 3.29. The molecule has 2 N–H and O–H groups in total. The van der Waals surface area contributed by atoms with Crippen molar-refractivity contribution in [1.82, 2.24) is 9.88 Å². The molecule has 0 aliphatic carbocycles. The summed E-state index contributed by atoms with van der Waals surface area (Å²) in [4.78, 5) is 18.5. The Labute approximate surface area is 180 Å². The predicted octanol–water partition coefficient (Wildman–Crippen LogP) is 5.22. The number of pyridine rings is 1. The van der Waals surface area contributed by atoms with E-state index >= 15 is 0 Å². The van der Waals surface area contributed by atoms with Gasteiger partial charge in [-0.3, -0.25) is 0 Å². The topological polar surface area (TPSA) is 82.9 Å². The molecule has 4 rings (SSSR count). The van der Waals surface area contributed by atoms with Crippen LogP contribution in [0.1, 0.15) is 16.8 Å². The highest BCUT2D eigenvalue weighted by Crippen LogP contribution is 2.46. The number of nitrogens with zero attached hydrogens (tertiary/aromatic N) is 2. The van der Waals surface area contributed by atoms with E-state index in [-0.39, 0.29) is 23.2 Å². The zero-order valence-corrected chi connectivity index (χ0v) is 17.4. The molecule has 0 spiro atoms. The molecule has 3 heterocycles. The van der Waals surface area contributed by atoms with Crippen molar-refractivity contribution in [2.24, 2.45) is 0 Å². The number of fused-ring (bicyclic) bond motifs is 1. The fraction of sp³-hybridized carbons (Fsp3) is 0.200. The molecule has 2 aromatic heterocycles. The van der Waals surface area contributed by atoms with Crippen LogP contribution < -0.4 is 0 Å². The second-order valence-electron chi connectivity index (χ2n) is 6.53. The molecule has 1 amide bonds. The molecule has 1 aromatic carbocycles. The number of benzene rings is 1. The van der Waals surface area contributed by atoms with Crippen LogP contribution in [0.3, 0.4) is 0 Å². The Morgan fingerprint density at radius 1 is 1.17 bits per heavy atom. The van der Waals surface area contributed by atoms with Crippen LogP contribution in [0.5, 0.6) is 11.5 Å². The highest BCUT2D eigenvalue weighted by Gasteiger charge is 2.29. The lowest BCUT2D eigenvalue weighted by Crippen LogP contribution is -2.36. The van der Waals surface area contributed by atoms with Gasteiger partial charge in [-0.15, -0.1) is 0 Å². The quantitative estimate of drug-likeness (QED) is 0.534. The lowest BCUT2D eigenvalue weighted by Gasteiger charge is -2.29. The number of hydrogen-bond donors (Lipinski definition) is 2. The van der Waals surface area contributed by atoms with Crippen molar-refractivity contribution in [3.63, 3.8) is 0 Å². The summed E-state index contributed by atoms with van der Waals surface area (Å²) in [7, 11) is 0. The lowest BCUT2D eigenvalue weighted by molar-refractivity contribution is 0.0908. The third kappa shape index (κ3) is 3.85. The van der Waals surface area contributed by atoms with Crippen LogP contribution in [0.4, 0.5) is 4.79 Å². The van der Waals surface area contributed by atoms with Gasteiger partial charge in [0.15, 0.2) is 11.5 Å². The predicted molar refractivity (Wildman–Crippen MR) is 112 cm³/mol. The SMILES string of the molecule is O=C(OCc1cccc(-c2ccsc2)n1)N1CCc2c(Cl)c(O)c(O)c(Cl)c2C1. The molecule has 0 unspecified atom stereocenters. The molecule has 0 fully saturated rings. The van der Waals surface area contributed by atoms with E-state index in [0.717, 1.165) is 11.3 Å². The van der Waals surface area contributed by atoms with Crippen molar-refractivity contribution in [2.45, 2.75) is 19.6 Å². The number of aromatic nitrogens is 1. The Balaban J connectivity index is 1.45. The molecule has 150 valence electrons. The molecule has 29 heavy (non-hydrogen) atoms. The van der Waals surface area contributed by atoms with E-state index in [1.165, 1.54) is 4.90 Å². The smallest absolute Gasteiger partial charge is 0.410 e. The van der Waals surface area contributed by atoms with Gasteiger partial charge in [-0.25, -0.2) is 9.78 Å². The maximum absolute atomic E-state index is 12.5. The Hall–Kier alpha value is -2.48. The zero-order valence-electron chi connectivity index (χ0n) is 15.1. The van der Waals surface area contributed by atoms with Gasteiger partial charge in [-0.05, 0) is 41.1 Å². The van der Waals surface area contributed by atoms with E-state index in [9.17, 15) is 15.0 Å². The Morgan fingerprint density at radius 2 is 1.93 bits per heavy atom. The summed E-state index contributed by atoms with van der Waals surface area (Å²) < 4.78 is 5.42. The summed E-state index contributed by atoms with van der Waals surface area (Å²) in [6.45, 7) is 0.521. The van der Waals surface area contributed by atoms with Crippen LogP contribution in [0.2, 0.25) is 10.0 Å². The van der Waals surface area contributed by atoms with E-state index in [4.69, 9.17) is 27.9 Å². The second-order valence-corrected chi connectivity index (χ2v) is 8.07. The Morgan fingerprint density at radius 3 is 2.66 bits per heavy atom. The maximum Gasteiger partial charge on any atom is 0.410 e. The summed E-state index contributed by atoms with van der Waals surface area (Å²) in [5, 5.41) is 23.8. The molecule has 6 nitrogen and oxygen atoms in total. The van der Waals surface area contributed by atoms with E-state index in [2.05, 4.69) is 4.98 Å². The molecule has 3 aromatic rings. The molecule has 0 saturated heterocycles. The highest BCUT2D eigenvalue weighted by molar-refractivity contribution is 7.08. The summed E-state index contributed by atoms with van der Waals surface area (Å²) in [6.07, 6.45) is -0.124. The molecule has 0 bridgehead atoms. The first-order valence-corrected chi connectivity index (χ1v) is 10.5. The van der Waals surface area contributed by atoms with Gasteiger partial charge in [0.2, 0.25) is 0 Å². The summed E-state index contributed by atoms with van der Waals surface area (Å²) >= 11 is 13.8. The molecule has 1 aliphatic rings. The van der Waals surface area contributed by atoms with Crippen LogP contribution in [0, 0.1) is 0 Å². The number of amides is 1. The van der Waals surface area contributed by atoms with Crippen LogP contribution in [0.25, 0.3) is 11.3 Å². The fourth-order valence-electron chi connectivity index (χ4n) is 3.21. The van der Waals surface area contributed by atoms with Gasteiger partial charge in [-0.2, -0.15) is 11.3 Å². The van der Waals surface area contributed by atoms with Gasteiger partial charge < -0.3 is 19.8 Å². The fourth-order valence-corrected chi connectivity index (χ4v) is 4.43. The molecule has 1 aliphatic heterocycles. The van der Waals surface area contributed by atoms with Crippen molar-refractivity contribution < 1.29 is 19.7 Å². The lowest BCUT2D eigenvalue weighted by atomic mass is 9.98. The van der Waals surface area contributed by atoms with Crippen molar-refractivity contribution >= 4 is 40.6 Å². The third-order valence-electron chi connectivity index (χ3n) is 4.74. The maximum atomic E-state index is 12.5. The first-order chi connectivity index (χ1) is 14.0. The Kier molecular flexibility index (Phi) is 5.54. The van der Waals surface area contributed by atoms with Crippen molar-refractivity contribution in [1.29, 1.82) is 0 Å². The molecular weight excluding hydrogens is 435 g/mol. The standard InChI is InChI=1S/C20H16Cl2N2O4S/c21-16-13-4-6-24(8-14(13)17(22)19(26)18(16)25)20(27)28-9-12-2-1-3-15(23-12)11-5-7-29-10-11/h1-3,5,7,10,25-26H,4,6,8-9H2. The van der Waals surface area contributed by atoms with Gasteiger partial charge in [0.25, 0.3) is 0 Å². The number of halogens is 2. The van der Waals surface area contributed by atoms with Crippen LogP contribution in [0.15, 0.2) is 35.0 Å². The zero-order chi connectivity index (χ0) is 20.5. The molecule has 0 atom stereocenters. The minimum atomic E-state index is -0.516. The first-order valence-electron chi connectivity index (χ1n) is 8.76. The van der Waals surface area contributed by atoms with Gasteiger partial charge in [0, 0.05) is 17.5 Å². The number of thiophene rings is 1. The third-order valence-corrected chi connectivity index (χ3v) is 6.24. The number of carbonyl (C=O) groups excluding carboxylic acids is 1. The van der Waals surface area contributed by atoms with Gasteiger partial charge in [-0.1, -0.05) is 29.3 Å². The average molecular weight is 451 g/mol. The number of hydrogen-bond acceptors (Lipinski definition) is 6. The summed E-state index contributed by atoms with van der Waals surface area (Å²) in [5.74, 6) is -0.928. The minimum Gasteiger partial charge on any atom is -0.503 e. The number of aromatic hydroxyl groups is 2. The van der Waals surface area contributed by atoms with Gasteiger partial charge in [0.05, 0.1) is 28.0 Å². The van der Waals surface area contributed by atoms with Crippen LogP contribution in [-0.4, -0.2) is 32.7 Å². The monoisotopic (exact) mass is 450 g/mol. The Bertz CT molecular complexity index is 1070. The number of phenolic OH excluding ortho intramolecular Hbond substituents is 2. The van der Waals surface area contributed by atoms with E-state index in [1.54, 1.807) is 17.4 Å². The van der Waals surface area contributed by atoms with Crippen LogP contribution >= 0.6 is 34.5 Å². The van der Waals surface area contributed by atoms with Crippen LogP contribution in [-0.2, 0) is 24.3 Å². The number of rotatable bonds is 3. The minimum absolute atomic E-state index is 0.00969. The van der Waals surface area contributed by atoms with E-state index < -0.39 is 17.6 Å². The second kappa shape index (κ2) is 8.10. The molecule has 9 heteroatoms. The molecule has 0 saturated carbocycles. The first kappa shape index (κ1) is 19.8. The van der Waals surface area contributed by atoms with Crippen molar-refractivity contribution in [3.8, 4) is 22.8 Å². The van der Waals surface area contributed by atoms with E-state index in [0.29, 0.717) is 29.8 Å². The highest BCUT2D eigenvalue weighted by atomic mass is 35.5. The number of carbonyl (C=O) groups is 1. The summed E-state index contributed by atoms with van der Waals surface area (Å²) in [6, 6.07) is 7.56. The summed E-state index contributed by atoms with van der Waals surface area (Å²) in [5.41, 5.74) is 3.62. The van der Waals surface area contributed by atoms with Gasteiger partial charge in [0.1, 0.15) is 6.61 Å². The largest absolute Gasteiger partial charge is 0.503 e.